The zero-order valence-corrected chi connectivity index (χ0v) is 15.5. The predicted molar refractivity (Wildman–Crippen MR) is 90.6 cm³/mol. The summed E-state index contributed by atoms with van der Waals surface area (Å²) in [6, 6.07) is 9.08. The van der Waals surface area contributed by atoms with Crippen molar-refractivity contribution in [2.24, 2.45) is 0 Å². The highest BCUT2D eigenvalue weighted by Crippen LogP contribution is 2.44. The molecule has 0 aliphatic rings. The number of aryl methyl sites for hydroxylation is 2. The van der Waals surface area contributed by atoms with E-state index in [2.05, 4.69) is 0 Å². The van der Waals surface area contributed by atoms with Gasteiger partial charge >= 0.3 is 6.18 Å². The van der Waals surface area contributed by atoms with E-state index in [-0.39, 0.29) is 10.5 Å². The van der Waals surface area contributed by atoms with Crippen LogP contribution < -0.4 is 4.74 Å². The van der Waals surface area contributed by atoms with Crippen LogP contribution >= 0.6 is 0 Å². The van der Waals surface area contributed by atoms with Gasteiger partial charge in [-0.15, -0.1) is 0 Å². The molecule has 2 rings (SSSR count). The fourth-order valence-corrected chi connectivity index (χ4v) is 3.60. The van der Waals surface area contributed by atoms with Crippen LogP contribution in [-0.4, -0.2) is 21.7 Å². The van der Waals surface area contributed by atoms with Crippen molar-refractivity contribution < 1.29 is 30.5 Å². The fourth-order valence-electron chi connectivity index (χ4n) is 2.41. The molecule has 0 aliphatic heterocycles. The van der Waals surface area contributed by atoms with Crippen molar-refractivity contribution in [1.29, 1.82) is 0 Å². The van der Waals surface area contributed by atoms with Gasteiger partial charge in [0.05, 0.1) is 12.0 Å². The zero-order valence-electron chi connectivity index (χ0n) is 14.7. The van der Waals surface area contributed by atoms with Gasteiger partial charge in [-0.3, -0.25) is 0 Å². The van der Waals surface area contributed by atoms with Crippen LogP contribution in [0.5, 0.6) is 5.75 Å². The summed E-state index contributed by atoms with van der Waals surface area (Å²) in [5, 5.41) is 0. The minimum Gasteiger partial charge on any atom is -0.496 e. The first kappa shape index (κ1) is 20.3. The van der Waals surface area contributed by atoms with Crippen LogP contribution in [0.2, 0.25) is 0 Å². The molecule has 2 aromatic carbocycles. The molecule has 0 spiro atoms. The molecule has 0 saturated heterocycles. The van der Waals surface area contributed by atoms with Gasteiger partial charge in [0.15, 0.2) is 0 Å². The maximum absolute atomic E-state index is 13.8. The maximum atomic E-state index is 13.8. The van der Waals surface area contributed by atoms with Crippen LogP contribution in [0.3, 0.4) is 0 Å². The Morgan fingerprint density at radius 1 is 0.962 bits per heavy atom. The van der Waals surface area contributed by atoms with Gasteiger partial charge in [0.2, 0.25) is 5.60 Å². The molecule has 0 saturated carbocycles. The third kappa shape index (κ3) is 3.86. The number of hydrogen-bond donors (Lipinski definition) is 0. The summed E-state index contributed by atoms with van der Waals surface area (Å²) in [7, 11) is -3.25. The van der Waals surface area contributed by atoms with Gasteiger partial charge in [0.25, 0.3) is 10.1 Å². The van der Waals surface area contributed by atoms with Crippen molar-refractivity contribution in [2.75, 3.05) is 7.11 Å². The van der Waals surface area contributed by atoms with Crippen LogP contribution in [0, 0.1) is 13.8 Å². The molecule has 0 N–H and O–H groups in total. The summed E-state index contributed by atoms with van der Waals surface area (Å²) in [6.07, 6.45) is -4.97. The van der Waals surface area contributed by atoms with Crippen molar-refractivity contribution >= 4 is 10.1 Å². The van der Waals surface area contributed by atoms with Gasteiger partial charge in [0, 0.05) is 0 Å². The highest BCUT2D eigenvalue weighted by molar-refractivity contribution is 7.86. The largest absolute Gasteiger partial charge is 0.496 e. The Morgan fingerprint density at radius 2 is 1.54 bits per heavy atom. The second-order valence-corrected chi connectivity index (χ2v) is 7.61. The molecule has 0 aliphatic carbocycles. The monoisotopic (exact) mass is 388 g/mol. The van der Waals surface area contributed by atoms with Crippen LogP contribution in [0.4, 0.5) is 13.2 Å². The van der Waals surface area contributed by atoms with Crippen LogP contribution in [0.15, 0.2) is 47.4 Å². The number of alkyl halides is 3. The first-order valence-electron chi connectivity index (χ1n) is 7.65. The lowest BCUT2D eigenvalue weighted by molar-refractivity contribution is -0.246. The number of ether oxygens (including phenoxy) is 1. The Hall–Kier alpha value is -2.06. The smallest absolute Gasteiger partial charge is 0.422 e. The standard InChI is InChI=1S/C18H19F3O4S/c1-12-5-8-15(9-6-12)26(22,23)25-17(3,18(19,20)21)14-7-10-16(24-4)13(2)11-14/h5-11H,1-4H3. The number of hydrogen-bond acceptors (Lipinski definition) is 4. The van der Waals surface area contributed by atoms with Gasteiger partial charge in [-0.25, -0.2) is 4.18 Å². The molecule has 1 unspecified atom stereocenters. The van der Waals surface area contributed by atoms with Gasteiger partial charge in [-0.2, -0.15) is 21.6 Å². The minimum absolute atomic E-state index is 0.334. The molecule has 0 heterocycles. The molecule has 26 heavy (non-hydrogen) atoms. The Morgan fingerprint density at radius 3 is 2.00 bits per heavy atom. The lowest BCUT2D eigenvalue weighted by Gasteiger charge is -2.32. The summed E-state index contributed by atoms with van der Waals surface area (Å²) in [6.45, 7) is 3.99. The average Bonchev–Trinajstić information content (AvgIpc) is 2.53. The minimum atomic E-state index is -4.97. The van der Waals surface area contributed by atoms with E-state index < -0.39 is 21.9 Å². The van der Waals surface area contributed by atoms with Gasteiger partial charge in [-0.1, -0.05) is 23.8 Å². The van der Waals surface area contributed by atoms with Gasteiger partial charge < -0.3 is 4.74 Å². The van der Waals surface area contributed by atoms with Gasteiger partial charge in [-0.05, 0) is 56.2 Å². The molecule has 0 amide bonds. The SMILES string of the molecule is COc1ccc(C(C)(OS(=O)(=O)c2ccc(C)cc2)C(F)(F)F)cc1C. The van der Waals surface area contributed by atoms with Crippen LogP contribution in [0.25, 0.3) is 0 Å². The van der Waals surface area contributed by atoms with E-state index in [0.717, 1.165) is 11.6 Å². The highest BCUT2D eigenvalue weighted by atomic mass is 32.2. The van der Waals surface area contributed by atoms with Crippen LogP contribution in [0.1, 0.15) is 23.6 Å². The van der Waals surface area contributed by atoms with Crippen molar-refractivity contribution in [2.45, 2.75) is 37.4 Å². The molecular formula is C18H19F3O4S. The molecular weight excluding hydrogens is 369 g/mol. The topological polar surface area (TPSA) is 52.6 Å². The summed E-state index contributed by atoms with van der Waals surface area (Å²) < 4.78 is 76.0. The van der Waals surface area contributed by atoms with Gasteiger partial charge in [0.1, 0.15) is 5.75 Å². The highest BCUT2D eigenvalue weighted by Gasteiger charge is 2.56. The second kappa shape index (κ2) is 6.92. The molecule has 4 nitrogen and oxygen atoms in total. The average molecular weight is 388 g/mol. The van der Waals surface area contributed by atoms with Crippen LogP contribution in [-0.2, 0) is 19.9 Å². The lowest BCUT2D eigenvalue weighted by Crippen LogP contribution is -2.43. The summed E-state index contributed by atoms with van der Waals surface area (Å²) >= 11 is 0. The fraction of sp³-hybridized carbons (Fsp3) is 0.333. The number of methoxy groups -OCH3 is 1. The third-order valence-corrected chi connectivity index (χ3v) is 5.47. The number of benzene rings is 2. The van der Waals surface area contributed by atoms with E-state index in [1.165, 1.54) is 43.5 Å². The van der Waals surface area contributed by atoms with E-state index in [1.807, 2.05) is 0 Å². The van der Waals surface area contributed by atoms with E-state index in [0.29, 0.717) is 18.2 Å². The van der Waals surface area contributed by atoms with E-state index in [4.69, 9.17) is 8.92 Å². The Labute approximate surface area is 150 Å². The molecule has 2 aromatic rings. The number of rotatable bonds is 5. The number of halogens is 3. The first-order valence-corrected chi connectivity index (χ1v) is 9.06. The van der Waals surface area contributed by atoms with E-state index in [1.54, 1.807) is 13.8 Å². The molecule has 0 radical (unpaired) electrons. The quantitative estimate of drug-likeness (QED) is 0.708. The summed E-state index contributed by atoms with van der Waals surface area (Å²) in [5.41, 5.74) is -2.18. The van der Waals surface area contributed by atoms with Crippen molar-refractivity contribution in [1.82, 2.24) is 0 Å². The molecule has 0 aromatic heterocycles. The van der Waals surface area contributed by atoms with Crippen molar-refractivity contribution in [3.8, 4) is 5.75 Å². The lowest BCUT2D eigenvalue weighted by atomic mass is 9.94. The normalized spacial score (nSPS) is 14.7. The maximum Gasteiger partial charge on any atom is 0.422 e. The summed E-state index contributed by atoms with van der Waals surface area (Å²) in [5.74, 6) is 0.389. The third-order valence-electron chi connectivity index (χ3n) is 4.07. The Balaban J connectivity index is 2.54. The van der Waals surface area contributed by atoms with E-state index >= 15 is 0 Å². The Bertz CT molecular complexity index is 890. The first-order chi connectivity index (χ1) is 11.9. The molecule has 1 atom stereocenters. The Kier molecular flexibility index (Phi) is 5.39. The second-order valence-electron chi connectivity index (χ2n) is 6.07. The molecule has 142 valence electrons. The molecule has 0 fully saturated rings. The molecule has 0 bridgehead atoms. The van der Waals surface area contributed by atoms with Crippen molar-refractivity contribution in [3.05, 3.63) is 59.2 Å². The summed E-state index contributed by atoms with van der Waals surface area (Å²) in [4.78, 5) is -0.344. The van der Waals surface area contributed by atoms with E-state index in [9.17, 15) is 21.6 Å². The van der Waals surface area contributed by atoms with Crippen molar-refractivity contribution in [3.63, 3.8) is 0 Å². The predicted octanol–water partition coefficient (Wildman–Crippen LogP) is 4.50. The molecule has 8 heteroatoms. The zero-order chi connectivity index (χ0) is 19.8.